The van der Waals surface area contributed by atoms with E-state index in [1.54, 1.807) is 0 Å². The highest BCUT2D eigenvalue weighted by molar-refractivity contribution is 6.06. The summed E-state index contributed by atoms with van der Waals surface area (Å²) in [5.41, 5.74) is 2.81. The molecular weight excluding hydrogens is 206 g/mol. The molecule has 3 rings (SSSR count). The number of aromatic nitrogens is 1. The third-order valence-corrected chi connectivity index (χ3v) is 3.42. The average molecular weight is 223 g/mol. The minimum absolute atomic E-state index is 0.210. The van der Waals surface area contributed by atoms with Gasteiger partial charge in [-0.2, -0.15) is 0 Å². The second-order valence-electron chi connectivity index (χ2n) is 5.69. The molecule has 0 saturated heterocycles. The van der Waals surface area contributed by atoms with E-state index in [0.717, 1.165) is 0 Å². The van der Waals surface area contributed by atoms with Crippen molar-refractivity contribution in [3.63, 3.8) is 0 Å². The van der Waals surface area contributed by atoms with Gasteiger partial charge in [0.05, 0.1) is 0 Å². The van der Waals surface area contributed by atoms with Gasteiger partial charge >= 0.3 is 0 Å². The Morgan fingerprint density at radius 3 is 2.47 bits per heavy atom. The summed E-state index contributed by atoms with van der Waals surface area (Å²) >= 11 is 0. The summed E-state index contributed by atoms with van der Waals surface area (Å²) in [6.45, 7) is 6.76. The van der Waals surface area contributed by atoms with Crippen molar-refractivity contribution < 1.29 is 0 Å². The zero-order valence-corrected chi connectivity index (χ0v) is 10.5. The fourth-order valence-corrected chi connectivity index (χ4v) is 2.34. The van der Waals surface area contributed by atoms with Gasteiger partial charge in [0, 0.05) is 17.1 Å². The first-order valence-electron chi connectivity index (χ1n) is 6.06. The zero-order chi connectivity index (χ0) is 12.0. The summed E-state index contributed by atoms with van der Waals surface area (Å²) in [6, 6.07) is 13.3. The maximum atomic E-state index is 3.26. The van der Waals surface area contributed by atoms with Gasteiger partial charge in [-0.15, -0.1) is 0 Å². The third-order valence-electron chi connectivity index (χ3n) is 3.42. The molecule has 0 aliphatic heterocycles. The van der Waals surface area contributed by atoms with Crippen LogP contribution in [0.1, 0.15) is 26.3 Å². The van der Waals surface area contributed by atoms with Crippen LogP contribution in [0.2, 0.25) is 0 Å². The first-order valence-corrected chi connectivity index (χ1v) is 6.06. The molecule has 0 radical (unpaired) electrons. The molecule has 1 heterocycles. The molecule has 0 spiro atoms. The fraction of sp³-hybridized carbons (Fsp3) is 0.250. The SMILES string of the molecule is CC(C)(C)c1ccc2c(ccc3[nH]ccc32)c1. The van der Waals surface area contributed by atoms with Gasteiger partial charge in [-0.3, -0.25) is 0 Å². The average Bonchev–Trinajstić information content (AvgIpc) is 2.75. The predicted octanol–water partition coefficient (Wildman–Crippen LogP) is 4.62. The van der Waals surface area contributed by atoms with Crippen LogP contribution in [-0.2, 0) is 5.41 Å². The molecule has 1 nitrogen and oxygen atoms in total. The Bertz CT molecular complexity index is 683. The Morgan fingerprint density at radius 1 is 0.882 bits per heavy atom. The molecule has 86 valence electrons. The minimum Gasteiger partial charge on any atom is -0.361 e. The van der Waals surface area contributed by atoms with Crippen molar-refractivity contribution in [3.8, 4) is 0 Å². The van der Waals surface area contributed by atoms with Crippen LogP contribution in [0, 0.1) is 0 Å². The molecule has 1 aromatic heterocycles. The van der Waals surface area contributed by atoms with Gasteiger partial charge in [0.2, 0.25) is 0 Å². The zero-order valence-electron chi connectivity index (χ0n) is 10.5. The first kappa shape index (κ1) is 10.4. The van der Waals surface area contributed by atoms with E-state index < -0.39 is 0 Å². The lowest BCUT2D eigenvalue weighted by atomic mass is 9.85. The molecule has 0 unspecified atom stereocenters. The summed E-state index contributed by atoms with van der Waals surface area (Å²) in [5.74, 6) is 0. The van der Waals surface area contributed by atoms with E-state index in [2.05, 4.69) is 62.2 Å². The number of aromatic amines is 1. The normalized spacial score (nSPS) is 12.4. The number of rotatable bonds is 0. The second-order valence-corrected chi connectivity index (χ2v) is 5.69. The molecule has 0 aliphatic rings. The Morgan fingerprint density at radius 2 is 1.71 bits per heavy atom. The largest absolute Gasteiger partial charge is 0.361 e. The van der Waals surface area contributed by atoms with E-state index in [9.17, 15) is 0 Å². The number of hydrogen-bond donors (Lipinski definition) is 1. The summed E-state index contributed by atoms with van der Waals surface area (Å²) in [5, 5.41) is 3.96. The van der Waals surface area contributed by atoms with Crippen LogP contribution in [0.4, 0.5) is 0 Å². The molecule has 0 fully saturated rings. The van der Waals surface area contributed by atoms with Crippen molar-refractivity contribution in [2.45, 2.75) is 26.2 Å². The van der Waals surface area contributed by atoms with E-state index in [1.807, 2.05) is 6.20 Å². The molecule has 0 amide bonds. The summed E-state index contributed by atoms with van der Waals surface area (Å²) in [4.78, 5) is 3.26. The van der Waals surface area contributed by atoms with Crippen molar-refractivity contribution in [3.05, 3.63) is 48.2 Å². The lowest BCUT2D eigenvalue weighted by Crippen LogP contribution is -2.10. The van der Waals surface area contributed by atoms with Crippen molar-refractivity contribution in [2.75, 3.05) is 0 Å². The number of nitrogens with one attached hydrogen (secondary N) is 1. The van der Waals surface area contributed by atoms with Crippen LogP contribution in [0.15, 0.2) is 42.6 Å². The van der Waals surface area contributed by atoms with Crippen LogP contribution >= 0.6 is 0 Å². The highest BCUT2D eigenvalue weighted by Crippen LogP contribution is 2.29. The summed E-state index contributed by atoms with van der Waals surface area (Å²) in [7, 11) is 0. The van der Waals surface area contributed by atoms with E-state index in [4.69, 9.17) is 0 Å². The molecule has 3 aromatic rings. The molecule has 1 N–H and O–H groups in total. The van der Waals surface area contributed by atoms with Crippen LogP contribution in [0.3, 0.4) is 0 Å². The maximum absolute atomic E-state index is 3.26. The lowest BCUT2D eigenvalue weighted by molar-refractivity contribution is 0.591. The molecule has 2 aromatic carbocycles. The number of fused-ring (bicyclic) bond motifs is 3. The van der Waals surface area contributed by atoms with Gasteiger partial charge in [-0.25, -0.2) is 0 Å². The van der Waals surface area contributed by atoms with Crippen LogP contribution in [0.25, 0.3) is 21.7 Å². The Balaban J connectivity index is 2.34. The molecular formula is C16H17N. The van der Waals surface area contributed by atoms with Crippen molar-refractivity contribution in [1.82, 2.24) is 4.98 Å². The molecule has 0 atom stereocenters. The van der Waals surface area contributed by atoms with E-state index in [-0.39, 0.29) is 5.41 Å². The van der Waals surface area contributed by atoms with Gasteiger partial charge in [-0.1, -0.05) is 45.0 Å². The van der Waals surface area contributed by atoms with Gasteiger partial charge < -0.3 is 4.98 Å². The first-order chi connectivity index (χ1) is 8.05. The van der Waals surface area contributed by atoms with E-state index in [0.29, 0.717) is 0 Å². The molecule has 0 saturated carbocycles. The smallest absolute Gasteiger partial charge is 0.0460 e. The van der Waals surface area contributed by atoms with Crippen molar-refractivity contribution in [2.24, 2.45) is 0 Å². The van der Waals surface area contributed by atoms with Crippen LogP contribution < -0.4 is 0 Å². The summed E-state index contributed by atoms with van der Waals surface area (Å²) in [6.07, 6.45) is 2.00. The lowest BCUT2D eigenvalue weighted by Gasteiger charge is -2.19. The third kappa shape index (κ3) is 1.62. The van der Waals surface area contributed by atoms with E-state index >= 15 is 0 Å². The highest BCUT2D eigenvalue weighted by Gasteiger charge is 2.14. The number of hydrogen-bond acceptors (Lipinski definition) is 0. The topological polar surface area (TPSA) is 15.8 Å². The van der Waals surface area contributed by atoms with Gasteiger partial charge in [0.15, 0.2) is 0 Å². The standard InChI is InChI=1S/C16H17N/c1-16(2,3)12-5-6-13-11(10-12)4-7-15-14(13)8-9-17-15/h4-10,17H,1-3H3. The van der Waals surface area contributed by atoms with Gasteiger partial charge in [-0.05, 0) is 33.9 Å². The molecule has 1 heteroatoms. The Kier molecular flexibility index (Phi) is 2.06. The summed E-state index contributed by atoms with van der Waals surface area (Å²) < 4.78 is 0. The minimum atomic E-state index is 0.210. The van der Waals surface area contributed by atoms with E-state index in [1.165, 1.54) is 27.2 Å². The van der Waals surface area contributed by atoms with Gasteiger partial charge in [0.1, 0.15) is 0 Å². The maximum Gasteiger partial charge on any atom is 0.0460 e. The second kappa shape index (κ2) is 3.36. The van der Waals surface area contributed by atoms with Crippen molar-refractivity contribution in [1.29, 1.82) is 0 Å². The quantitative estimate of drug-likeness (QED) is 0.572. The Hall–Kier alpha value is -1.76. The van der Waals surface area contributed by atoms with Crippen molar-refractivity contribution >= 4 is 21.7 Å². The molecule has 0 aliphatic carbocycles. The van der Waals surface area contributed by atoms with Crippen LogP contribution in [-0.4, -0.2) is 4.98 Å². The highest BCUT2D eigenvalue weighted by atomic mass is 14.7. The number of benzene rings is 2. The van der Waals surface area contributed by atoms with Crippen LogP contribution in [0.5, 0.6) is 0 Å². The predicted molar refractivity (Wildman–Crippen MR) is 74.5 cm³/mol. The Labute approximate surface area is 101 Å². The molecule has 0 bridgehead atoms. The number of H-pyrrole nitrogens is 1. The van der Waals surface area contributed by atoms with Gasteiger partial charge in [0.25, 0.3) is 0 Å². The fourth-order valence-electron chi connectivity index (χ4n) is 2.34. The monoisotopic (exact) mass is 223 g/mol. The molecule has 17 heavy (non-hydrogen) atoms.